The maximum Gasteiger partial charge on any atom is 0.163 e. The molecule has 0 aliphatic carbocycles. The summed E-state index contributed by atoms with van der Waals surface area (Å²) in [4.78, 5) is 0. The van der Waals surface area contributed by atoms with Crippen molar-refractivity contribution in [2.24, 2.45) is 5.73 Å². The first kappa shape index (κ1) is 9.61. The minimum Gasteiger partial charge on any atom is -0.330 e. The van der Waals surface area contributed by atoms with E-state index >= 15 is 0 Å². The van der Waals surface area contributed by atoms with Crippen LogP contribution in [0.2, 0.25) is 0 Å². The summed E-state index contributed by atoms with van der Waals surface area (Å²) in [7, 11) is 0. The topological polar surface area (TPSA) is 56.2 Å². The molecule has 0 bridgehead atoms. The summed E-state index contributed by atoms with van der Waals surface area (Å²) in [6.45, 7) is 2.60. The molecule has 0 amide bonds. The number of fused-ring (bicyclic) bond motifs is 1. The van der Waals surface area contributed by atoms with Gasteiger partial charge in [-0.3, -0.25) is 4.40 Å². The van der Waals surface area contributed by atoms with Gasteiger partial charge in [-0.15, -0.1) is 10.2 Å². The van der Waals surface area contributed by atoms with Gasteiger partial charge in [0.05, 0.1) is 0 Å². The van der Waals surface area contributed by atoms with Crippen LogP contribution in [-0.4, -0.2) is 21.1 Å². The minimum atomic E-state index is 0.590. The summed E-state index contributed by atoms with van der Waals surface area (Å²) >= 11 is 3.45. The lowest BCUT2D eigenvalue weighted by Gasteiger charge is -2.00. The lowest BCUT2D eigenvalue weighted by atomic mass is 10.3. The Kier molecular flexibility index (Phi) is 2.52. The first-order valence-electron chi connectivity index (χ1n) is 4.42. The Bertz CT molecular complexity index is 463. The third-order valence-corrected chi connectivity index (χ3v) is 2.53. The van der Waals surface area contributed by atoms with Crippen molar-refractivity contribution in [2.75, 3.05) is 6.54 Å². The van der Waals surface area contributed by atoms with E-state index in [0.717, 1.165) is 27.9 Å². The van der Waals surface area contributed by atoms with Gasteiger partial charge in [0.25, 0.3) is 0 Å². The Balaban J connectivity index is 2.66. The number of hydrogen-bond acceptors (Lipinski definition) is 3. The zero-order valence-corrected chi connectivity index (χ0v) is 9.45. The third kappa shape index (κ3) is 1.53. The Morgan fingerprint density at radius 1 is 1.50 bits per heavy atom. The van der Waals surface area contributed by atoms with E-state index in [1.54, 1.807) is 0 Å². The van der Waals surface area contributed by atoms with Crippen molar-refractivity contribution in [1.29, 1.82) is 0 Å². The molecule has 5 heteroatoms. The molecule has 74 valence electrons. The van der Waals surface area contributed by atoms with Gasteiger partial charge in [0.15, 0.2) is 5.65 Å². The lowest BCUT2D eigenvalue weighted by Crippen LogP contribution is -2.06. The number of nitrogens with two attached hydrogens (primary N) is 1. The van der Waals surface area contributed by atoms with Crippen molar-refractivity contribution in [3.63, 3.8) is 0 Å². The Hall–Kier alpha value is -0.940. The highest BCUT2D eigenvalue weighted by atomic mass is 79.9. The normalized spacial score (nSPS) is 11.1. The first-order valence-corrected chi connectivity index (χ1v) is 5.21. The summed E-state index contributed by atoms with van der Waals surface area (Å²) in [5.74, 6) is 0.909. The Morgan fingerprint density at radius 2 is 2.29 bits per heavy atom. The minimum absolute atomic E-state index is 0.590. The zero-order chi connectivity index (χ0) is 10.1. The summed E-state index contributed by atoms with van der Waals surface area (Å²) in [6.07, 6.45) is 2.71. The van der Waals surface area contributed by atoms with Crippen molar-refractivity contribution in [3.8, 4) is 0 Å². The number of pyridine rings is 1. The largest absolute Gasteiger partial charge is 0.330 e. The number of aromatic nitrogens is 3. The van der Waals surface area contributed by atoms with Gasteiger partial charge >= 0.3 is 0 Å². The van der Waals surface area contributed by atoms with Crippen LogP contribution in [0.15, 0.2) is 16.7 Å². The lowest BCUT2D eigenvalue weighted by molar-refractivity contribution is 0.847. The number of nitrogens with zero attached hydrogens (tertiary/aromatic N) is 3. The second kappa shape index (κ2) is 3.67. The quantitative estimate of drug-likeness (QED) is 0.879. The van der Waals surface area contributed by atoms with Crippen molar-refractivity contribution in [1.82, 2.24) is 14.6 Å². The van der Waals surface area contributed by atoms with E-state index in [9.17, 15) is 0 Å². The van der Waals surface area contributed by atoms with Gasteiger partial charge in [-0.05, 0) is 41.0 Å². The molecule has 0 spiro atoms. The molecule has 2 N–H and O–H groups in total. The van der Waals surface area contributed by atoms with Gasteiger partial charge in [0, 0.05) is 17.1 Å². The summed E-state index contributed by atoms with van der Waals surface area (Å²) in [5.41, 5.74) is 7.50. The van der Waals surface area contributed by atoms with Crippen molar-refractivity contribution < 1.29 is 0 Å². The van der Waals surface area contributed by atoms with Crippen LogP contribution in [0.4, 0.5) is 0 Å². The number of rotatable bonds is 2. The van der Waals surface area contributed by atoms with E-state index in [0.29, 0.717) is 6.54 Å². The second-order valence-electron chi connectivity index (χ2n) is 3.19. The molecule has 0 saturated carbocycles. The van der Waals surface area contributed by atoms with E-state index < -0.39 is 0 Å². The standard InChI is InChI=1S/C9H11BrN4/c1-6-4-7(10)5-14-8(2-3-11)12-13-9(6)14/h4-5H,2-3,11H2,1H3. The molecule has 0 aromatic carbocycles. The second-order valence-corrected chi connectivity index (χ2v) is 4.11. The summed E-state index contributed by atoms with van der Waals surface area (Å²) in [6, 6.07) is 2.02. The Labute approximate surface area is 90.3 Å². The van der Waals surface area contributed by atoms with Crippen LogP contribution < -0.4 is 5.73 Å². The monoisotopic (exact) mass is 254 g/mol. The molecule has 0 unspecified atom stereocenters. The van der Waals surface area contributed by atoms with E-state index in [4.69, 9.17) is 5.73 Å². The average molecular weight is 255 g/mol. The van der Waals surface area contributed by atoms with Crippen LogP contribution in [-0.2, 0) is 6.42 Å². The van der Waals surface area contributed by atoms with Crippen LogP contribution in [0.5, 0.6) is 0 Å². The Morgan fingerprint density at radius 3 is 3.00 bits per heavy atom. The maximum absolute atomic E-state index is 5.49. The van der Waals surface area contributed by atoms with Gasteiger partial charge in [0.1, 0.15) is 5.82 Å². The number of halogens is 1. The fourth-order valence-electron chi connectivity index (χ4n) is 1.46. The van der Waals surface area contributed by atoms with Gasteiger partial charge in [-0.2, -0.15) is 0 Å². The van der Waals surface area contributed by atoms with E-state index in [1.165, 1.54) is 0 Å². The average Bonchev–Trinajstić information content (AvgIpc) is 2.49. The smallest absolute Gasteiger partial charge is 0.163 e. The number of hydrogen-bond donors (Lipinski definition) is 1. The fourth-order valence-corrected chi connectivity index (χ4v) is 2.01. The van der Waals surface area contributed by atoms with E-state index in [2.05, 4.69) is 26.1 Å². The molecule has 14 heavy (non-hydrogen) atoms. The molecule has 0 aliphatic heterocycles. The van der Waals surface area contributed by atoms with Crippen molar-refractivity contribution in [3.05, 3.63) is 28.1 Å². The maximum atomic E-state index is 5.49. The van der Waals surface area contributed by atoms with E-state index in [-0.39, 0.29) is 0 Å². The van der Waals surface area contributed by atoms with Gasteiger partial charge < -0.3 is 5.73 Å². The highest BCUT2D eigenvalue weighted by Gasteiger charge is 2.07. The first-order chi connectivity index (χ1) is 6.72. The molecule has 4 nitrogen and oxygen atoms in total. The predicted molar refractivity (Wildman–Crippen MR) is 58.2 cm³/mol. The summed E-state index contributed by atoms with van der Waals surface area (Å²) < 4.78 is 3.01. The van der Waals surface area contributed by atoms with Crippen LogP contribution in [0.25, 0.3) is 5.65 Å². The third-order valence-electron chi connectivity index (χ3n) is 2.09. The SMILES string of the molecule is Cc1cc(Br)cn2c(CCN)nnc12. The van der Waals surface area contributed by atoms with Gasteiger partial charge in [0.2, 0.25) is 0 Å². The molecule has 2 aromatic heterocycles. The highest BCUT2D eigenvalue weighted by Crippen LogP contribution is 2.16. The van der Waals surface area contributed by atoms with Crippen LogP contribution >= 0.6 is 15.9 Å². The van der Waals surface area contributed by atoms with Gasteiger partial charge in [-0.25, -0.2) is 0 Å². The highest BCUT2D eigenvalue weighted by molar-refractivity contribution is 9.10. The van der Waals surface area contributed by atoms with Crippen molar-refractivity contribution in [2.45, 2.75) is 13.3 Å². The fraction of sp³-hybridized carbons (Fsp3) is 0.333. The molecule has 0 fully saturated rings. The molecule has 2 rings (SSSR count). The molecular weight excluding hydrogens is 244 g/mol. The van der Waals surface area contributed by atoms with Crippen molar-refractivity contribution >= 4 is 21.6 Å². The van der Waals surface area contributed by atoms with Crippen LogP contribution in [0.1, 0.15) is 11.4 Å². The summed E-state index contributed by atoms with van der Waals surface area (Å²) in [5, 5.41) is 8.21. The van der Waals surface area contributed by atoms with E-state index in [1.807, 2.05) is 23.6 Å². The molecule has 2 heterocycles. The predicted octanol–water partition coefficient (Wildman–Crippen LogP) is 1.30. The molecule has 0 radical (unpaired) electrons. The zero-order valence-electron chi connectivity index (χ0n) is 7.87. The van der Waals surface area contributed by atoms with Gasteiger partial charge in [-0.1, -0.05) is 0 Å². The molecule has 0 saturated heterocycles. The van der Waals surface area contributed by atoms with Crippen LogP contribution in [0.3, 0.4) is 0 Å². The molecule has 2 aromatic rings. The van der Waals surface area contributed by atoms with Crippen LogP contribution in [0, 0.1) is 6.92 Å². The molecule has 0 atom stereocenters. The molecular formula is C9H11BrN4. The molecule has 0 aliphatic rings. The number of aryl methyl sites for hydroxylation is 1.